The Bertz CT molecular complexity index is 993. The summed E-state index contributed by atoms with van der Waals surface area (Å²) in [6, 6.07) is 3.63. The van der Waals surface area contributed by atoms with E-state index in [-0.39, 0.29) is 12.6 Å². The molecule has 0 aliphatic rings. The third kappa shape index (κ3) is 3.99. The van der Waals surface area contributed by atoms with E-state index < -0.39 is 5.60 Å². The molecule has 3 aromatic rings. The predicted molar refractivity (Wildman–Crippen MR) is 99.7 cm³/mol. The molecule has 7 heteroatoms. The fraction of sp³-hybridized carbons (Fsp3) is 0.316. The molecule has 0 spiro atoms. The van der Waals surface area contributed by atoms with E-state index in [0.29, 0.717) is 17.9 Å². The molecule has 0 fully saturated rings. The summed E-state index contributed by atoms with van der Waals surface area (Å²) in [5.74, 6) is 6.50. The zero-order valence-electron chi connectivity index (χ0n) is 14.8. The van der Waals surface area contributed by atoms with Crippen molar-refractivity contribution in [2.45, 2.75) is 32.3 Å². The molecule has 3 aromatic heterocycles. The molecule has 0 radical (unpaired) electrons. The molecule has 0 aromatic carbocycles. The van der Waals surface area contributed by atoms with E-state index in [9.17, 15) is 5.11 Å². The van der Waals surface area contributed by atoms with Crippen molar-refractivity contribution in [2.24, 2.45) is 0 Å². The summed E-state index contributed by atoms with van der Waals surface area (Å²) in [7, 11) is 0. The Kier molecular flexibility index (Phi) is 4.89. The monoisotopic (exact) mass is 351 g/mol. The van der Waals surface area contributed by atoms with Gasteiger partial charge in [0.25, 0.3) is 0 Å². The molecule has 0 unspecified atom stereocenters. The van der Waals surface area contributed by atoms with Crippen LogP contribution in [0, 0.1) is 11.8 Å². The lowest BCUT2D eigenvalue weighted by molar-refractivity contribution is 0.143. The first kappa shape index (κ1) is 17.9. The second-order valence-corrected chi connectivity index (χ2v) is 6.52. The topological polar surface area (TPSA) is 110 Å². The van der Waals surface area contributed by atoms with Crippen molar-refractivity contribution in [1.82, 2.24) is 19.5 Å². The molecule has 26 heavy (non-hydrogen) atoms. The number of hydrogen-bond acceptors (Lipinski definition) is 6. The van der Waals surface area contributed by atoms with Gasteiger partial charge in [0.15, 0.2) is 0 Å². The highest BCUT2D eigenvalue weighted by Gasteiger charge is 2.13. The normalized spacial score (nSPS) is 11.4. The number of fused-ring (bicyclic) bond motifs is 1. The largest absolute Gasteiger partial charge is 0.396 e. The molecule has 0 aliphatic carbocycles. The third-order valence-electron chi connectivity index (χ3n) is 3.78. The Morgan fingerprint density at radius 3 is 2.81 bits per heavy atom. The van der Waals surface area contributed by atoms with Crippen LogP contribution in [0.2, 0.25) is 0 Å². The second kappa shape index (κ2) is 7.12. The van der Waals surface area contributed by atoms with Crippen molar-refractivity contribution >= 4 is 16.9 Å². The fourth-order valence-electron chi connectivity index (χ4n) is 2.63. The molecule has 0 amide bonds. The fourth-order valence-corrected chi connectivity index (χ4v) is 2.63. The van der Waals surface area contributed by atoms with Crippen molar-refractivity contribution in [3.63, 3.8) is 0 Å². The summed E-state index contributed by atoms with van der Waals surface area (Å²) in [6.07, 6.45) is 6.71. The average Bonchev–Trinajstić information content (AvgIpc) is 2.95. The van der Waals surface area contributed by atoms with Crippen LogP contribution >= 0.6 is 0 Å². The van der Waals surface area contributed by atoms with Crippen LogP contribution in [-0.2, 0) is 6.42 Å². The van der Waals surface area contributed by atoms with Crippen LogP contribution in [0.5, 0.6) is 0 Å². The van der Waals surface area contributed by atoms with Crippen molar-refractivity contribution < 1.29 is 10.2 Å². The molecule has 3 heterocycles. The van der Waals surface area contributed by atoms with E-state index in [1.54, 1.807) is 32.3 Å². The van der Waals surface area contributed by atoms with Gasteiger partial charge in [0.1, 0.15) is 17.1 Å². The molecule has 134 valence electrons. The number of nitrogens with two attached hydrogens (primary N) is 1. The van der Waals surface area contributed by atoms with Crippen molar-refractivity contribution in [3.05, 3.63) is 42.0 Å². The minimum absolute atomic E-state index is 0.121. The first-order valence-corrected chi connectivity index (χ1v) is 8.33. The number of anilines is 1. The highest BCUT2D eigenvalue weighted by Crippen LogP contribution is 2.25. The highest BCUT2D eigenvalue weighted by molar-refractivity contribution is 5.85. The zero-order valence-corrected chi connectivity index (χ0v) is 14.8. The first-order valence-electron chi connectivity index (χ1n) is 8.33. The Morgan fingerprint density at radius 1 is 1.31 bits per heavy atom. The zero-order chi connectivity index (χ0) is 18.7. The van der Waals surface area contributed by atoms with Gasteiger partial charge in [-0.3, -0.25) is 0 Å². The number of aliphatic hydroxyl groups excluding tert-OH is 1. The molecule has 7 nitrogen and oxygen atoms in total. The maximum atomic E-state index is 9.80. The molecular formula is C19H21N5O2. The SMILES string of the molecule is CC(C)(O)C#Cc1cc2c(cn1)c(CCCO)cn2-c1ccnc(N)n1. The molecule has 0 aliphatic heterocycles. The standard InChI is InChI=1S/C19H21N5O2/c1-19(2,26)7-5-14-10-16-15(11-22-14)13(4-3-9-25)12-24(16)17-6-8-21-18(20)23-17/h6,8,10-12,25-26H,3-4,9H2,1-2H3,(H2,20,21,23). The number of nitrogen functional groups attached to an aromatic ring is 1. The van der Waals surface area contributed by atoms with E-state index in [1.807, 2.05) is 16.8 Å². The van der Waals surface area contributed by atoms with Crippen LogP contribution in [0.15, 0.2) is 30.7 Å². The van der Waals surface area contributed by atoms with Crippen LogP contribution in [0.1, 0.15) is 31.5 Å². The number of rotatable bonds is 4. The molecule has 0 atom stereocenters. The van der Waals surface area contributed by atoms with Crippen LogP contribution in [0.3, 0.4) is 0 Å². The number of aryl methyl sites for hydroxylation is 1. The van der Waals surface area contributed by atoms with Crippen LogP contribution < -0.4 is 5.73 Å². The van der Waals surface area contributed by atoms with Gasteiger partial charge in [-0.1, -0.05) is 5.92 Å². The van der Waals surface area contributed by atoms with E-state index in [0.717, 1.165) is 22.9 Å². The van der Waals surface area contributed by atoms with Crippen molar-refractivity contribution in [1.29, 1.82) is 0 Å². The van der Waals surface area contributed by atoms with Gasteiger partial charge < -0.3 is 20.5 Å². The maximum absolute atomic E-state index is 9.80. The van der Waals surface area contributed by atoms with Crippen LogP contribution in [-0.4, -0.2) is 41.9 Å². The minimum atomic E-state index is -1.09. The van der Waals surface area contributed by atoms with Crippen LogP contribution in [0.25, 0.3) is 16.7 Å². The summed E-state index contributed by atoms with van der Waals surface area (Å²) in [5.41, 5.74) is 7.12. The lowest BCUT2D eigenvalue weighted by atomic mass is 10.1. The van der Waals surface area contributed by atoms with Crippen LogP contribution in [0.4, 0.5) is 5.95 Å². The molecule has 0 saturated heterocycles. The summed E-state index contributed by atoms with van der Waals surface area (Å²) in [6.45, 7) is 3.37. The predicted octanol–water partition coefficient (Wildman–Crippen LogP) is 1.44. The maximum Gasteiger partial charge on any atom is 0.221 e. The molecular weight excluding hydrogens is 330 g/mol. The Morgan fingerprint density at radius 2 is 2.12 bits per heavy atom. The second-order valence-electron chi connectivity index (χ2n) is 6.52. The molecule has 4 N–H and O–H groups in total. The average molecular weight is 351 g/mol. The van der Waals surface area contributed by atoms with Gasteiger partial charge in [0.2, 0.25) is 5.95 Å². The van der Waals surface area contributed by atoms with Gasteiger partial charge in [-0.15, -0.1) is 0 Å². The quantitative estimate of drug-likeness (QED) is 0.614. The summed E-state index contributed by atoms with van der Waals surface area (Å²) >= 11 is 0. The summed E-state index contributed by atoms with van der Waals surface area (Å²) in [5, 5.41) is 19.9. The number of aromatic nitrogens is 4. The Labute approximate surface area is 151 Å². The highest BCUT2D eigenvalue weighted by atomic mass is 16.3. The summed E-state index contributed by atoms with van der Waals surface area (Å²) < 4.78 is 1.91. The van der Waals surface area contributed by atoms with E-state index in [1.165, 1.54) is 0 Å². The smallest absolute Gasteiger partial charge is 0.221 e. The molecule has 0 saturated carbocycles. The van der Waals surface area contributed by atoms with E-state index >= 15 is 0 Å². The van der Waals surface area contributed by atoms with Crippen molar-refractivity contribution in [2.75, 3.05) is 12.3 Å². The van der Waals surface area contributed by atoms with E-state index in [4.69, 9.17) is 10.8 Å². The van der Waals surface area contributed by atoms with Gasteiger partial charge >= 0.3 is 0 Å². The number of pyridine rings is 1. The number of nitrogens with zero attached hydrogens (tertiary/aromatic N) is 4. The summed E-state index contributed by atoms with van der Waals surface area (Å²) in [4.78, 5) is 12.6. The van der Waals surface area contributed by atoms with Gasteiger partial charge in [0.05, 0.1) is 5.52 Å². The third-order valence-corrected chi connectivity index (χ3v) is 3.78. The lowest BCUT2D eigenvalue weighted by Crippen LogP contribution is -2.14. The van der Waals surface area contributed by atoms with Gasteiger partial charge in [-0.25, -0.2) is 9.97 Å². The van der Waals surface area contributed by atoms with Crippen molar-refractivity contribution in [3.8, 4) is 17.7 Å². The number of hydrogen-bond donors (Lipinski definition) is 3. The van der Waals surface area contributed by atoms with Gasteiger partial charge in [-0.2, -0.15) is 4.98 Å². The number of aliphatic hydroxyl groups is 2. The Hall–Kier alpha value is -2.95. The van der Waals surface area contributed by atoms with E-state index in [2.05, 4.69) is 26.8 Å². The molecule has 3 rings (SSSR count). The Balaban J connectivity index is 2.16. The molecule has 0 bridgehead atoms. The minimum Gasteiger partial charge on any atom is -0.396 e. The lowest BCUT2D eigenvalue weighted by Gasteiger charge is -2.06. The van der Waals surface area contributed by atoms with Gasteiger partial charge in [-0.05, 0) is 50.3 Å². The first-order chi connectivity index (χ1) is 12.4. The van der Waals surface area contributed by atoms with Gasteiger partial charge in [0, 0.05) is 30.6 Å².